The molecule has 4 bridgehead atoms. The van der Waals surface area contributed by atoms with Crippen molar-refractivity contribution >= 4 is 5.97 Å². The molecule has 0 saturated heterocycles. The first-order chi connectivity index (χ1) is 8.43. The van der Waals surface area contributed by atoms with Gasteiger partial charge in [0.25, 0.3) is 0 Å². The van der Waals surface area contributed by atoms with E-state index < -0.39 is 11.6 Å². The van der Waals surface area contributed by atoms with Crippen LogP contribution < -0.4 is 0 Å². The maximum Gasteiger partial charge on any atom is 0.306 e. The quantitative estimate of drug-likeness (QED) is 0.836. The van der Waals surface area contributed by atoms with Crippen LogP contribution in [0.25, 0.3) is 0 Å². The van der Waals surface area contributed by atoms with E-state index in [1.807, 2.05) is 13.8 Å². The molecule has 0 aromatic heterocycles. The third-order valence-corrected chi connectivity index (χ3v) is 5.17. The Balaban J connectivity index is 1.68. The normalized spacial score (nSPS) is 42.2. The lowest BCUT2D eigenvalue weighted by molar-refractivity contribution is -0.185. The molecule has 4 aliphatic carbocycles. The zero-order chi connectivity index (χ0) is 12.9. The van der Waals surface area contributed by atoms with Crippen LogP contribution >= 0.6 is 0 Å². The number of ether oxygens (including phenoxy) is 1. The first-order valence-electron chi connectivity index (χ1n) is 7.32. The van der Waals surface area contributed by atoms with Gasteiger partial charge in [-0.2, -0.15) is 0 Å². The number of carboxylic acids is 1. The molecule has 3 nitrogen and oxygen atoms in total. The Morgan fingerprint density at radius 3 is 2.06 bits per heavy atom. The van der Waals surface area contributed by atoms with Gasteiger partial charge in [0, 0.05) is 0 Å². The summed E-state index contributed by atoms with van der Waals surface area (Å²) in [6.45, 7) is 3.85. The van der Waals surface area contributed by atoms with Crippen molar-refractivity contribution in [1.29, 1.82) is 0 Å². The first-order valence-corrected chi connectivity index (χ1v) is 7.32. The van der Waals surface area contributed by atoms with E-state index in [-0.39, 0.29) is 6.42 Å². The zero-order valence-corrected chi connectivity index (χ0v) is 11.4. The highest BCUT2D eigenvalue weighted by Crippen LogP contribution is 2.55. The molecule has 1 N–H and O–H groups in total. The summed E-state index contributed by atoms with van der Waals surface area (Å²) in [7, 11) is 0. The molecule has 4 fully saturated rings. The third kappa shape index (κ3) is 2.29. The van der Waals surface area contributed by atoms with E-state index >= 15 is 0 Å². The van der Waals surface area contributed by atoms with Gasteiger partial charge in [0.05, 0.1) is 18.1 Å². The molecule has 0 aromatic carbocycles. The van der Waals surface area contributed by atoms with Gasteiger partial charge in [-0.15, -0.1) is 0 Å². The summed E-state index contributed by atoms with van der Waals surface area (Å²) in [5.41, 5.74) is -0.522. The highest BCUT2D eigenvalue weighted by atomic mass is 16.5. The van der Waals surface area contributed by atoms with E-state index in [1.54, 1.807) is 0 Å². The number of aliphatic carboxylic acids is 1. The summed E-state index contributed by atoms with van der Waals surface area (Å²) in [4.78, 5) is 10.9. The van der Waals surface area contributed by atoms with Gasteiger partial charge in [-0.3, -0.25) is 4.79 Å². The van der Waals surface area contributed by atoms with Crippen LogP contribution in [0, 0.1) is 23.7 Å². The van der Waals surface area contributed by atoms with Crippen LogP contribution in [-0.4, -0.2) is 22.8 Å². The molecule has 4 rings (SSSR count). The Labute approximate surface area is 109 Å². The predicted octanol–water partition coefficient (Wildman–Crippen LogP) is 3.08. The molecule has 0 atom stereocenters. The molecule has 0 heterocycles. The fourth-order valence-electron chi connectivity index (χ4n) is 4.84. The summed E-state index contributed by atoms with van der Waals surface area (Å²) >= 11 is 0. The van der Waals surface area contributed by atoms with Gasteiger partial charge in [0.1, 0.15) is 0 Å². The molecule has 0 aromatic rings. The number of hydrogen-bond acceptors (Lipinski definition) is 2. The second kappa shape index (κ2) is 4.22. The van der Waals surface area contributed by atoms with Crippen LogP contribution in [0.4, 0.5) is 0 Å². The minimum atomic E-state index is -0.760. The molecule has 4 aliphatic rings. The molecule has 0 amide bonds. The monoisotopic (exact) mass is 252 g/mol. The molecule has 0 unspecified atom stereocenters. The molecule has 102 valence electrons. The summed E-state index contributed by atoms with van der Waals surface area (Å²) < 4.78 is 6.24. The number of hydrogen-bond donors (Lipinski definition) is 1. The van der Waals surface area contributed by atoms with Gasteiger partial charge in [-0.05, 0) is 69.6 Å². The molecular formula is C15H24O3. The molecule has 0 spiro atoms. The van der Waals surface area contributed by atoms with Gasteiger partial charge >= 0.3 is 5.97 Å². The lowest BCUT2D eigenvalue weighted by Gasteiger charge is -2.55. The first kappa shape index (κ1) is 12.5. The van der Waals surface area contributed by atoms with E-state index in [0.29, 0.717) is 17.9 Å². The van der Waals surface area contributed by atoms with E-state index in [4.69, 9.17) is 9.84 Å². The topological polar surface area (TPSA) is 46.5 Å². The van der Waals surface area contributed by atoms with E-state index in [2.05, 4.69) is 0 Å². The molecule has 18 heavy (non-hydrogen) atoms. The van der Waals surface area contributed by atoms with Crippen LogP contribution in [0.3, 0.4) is 0 Å². The maximum atomic E-state index is 10.9. The molecule has 4 saturated carbocycles. The lowest BCUT2D eigenvalue weighted by Crippen LogP contribution is -2.52. The van der Waals surface area contributed by atoms with Gasteiger partial charge in [-0.1, -0.05) is 0 Å². The lowest BCUT2D eigenvalue weighted by atomic mass is 9.55. The van der Waals surface area contributed by atoms with Crippen molar-refractivity contribution < 1.29 is 14.6 Å². The van der Waals surface area contributed by atoms with Crippen molar-refractivity contribution in [3.8, 4) is 0 Å². The maximum absolute atomic E-state index is 10.9. The highest BCUT2D eigenvalue weighted by molar-refractivity contribution is 5.67. The van der Waals surface area contributed by atoms with Gasteiger partial charge < -0.3 is 9.84 Å². The fourth-order valence-corrected chi connectivity index (χ4v) is 4.84. The van der Waals surface area contributed by atoms with Crippen molar-refractivity contribution in [2.45, 2.75) is 64.1 Å². The van der Waals surface area contributed by atoms with Crippen molar-refractivity contribution in [2.75, 3.05) is 0 Å². The third-order valence-electron chi connectivity index (χ3n) is 5.17. The molecular weight excluding hydrogens is 228 g/mol. The van der Waals surface area contributed by atoms with Crippen LogP contribution in [-0.2, 0) is 9.53 Å². The Morgan fingerprint density at radius 1 is 1.11 bits per heavy atom. The average Bonchev–Trinajstić information content (AvgIpc) is 2.20. The van der Waals surface area contributed by atoms with Gasteiger partial charge in [0.15, 0.2) is 0 Å². The fraction of sp³-hybridized carbons (Fsp3) is 0.933. The van der Waals surface area contributed by atoms with E-state index in [1.165, 1.54) is 32.1 Å². The largest absolute Gasteiger partial charge is 0.481 e. The van der Waals surface area contributed by atoms with Crippen LogP contribution in [0.5, 0.6) is 0 Å². The van der Waals surface area contributed by atoms with E-state index in [9.17, 15) is 4.79 Å². The zero-order valence-electron chi connectivity index (χ0n) is 11.4. The second-order valence-corrected chi connectivity index (χ2v) is 7.34. The highest BCUT2D eigenvalue weighted by Gasteiger charge is 2.50. The van der Waals surface area contributed by atoms with Crippen molar-refractivity contribution in [3.05, 3.63) is 0 Å². The second-order valence-electron chi connectivity index (χ2n) is 7.34. The van der Waals surface area contributed by atoms with Crippen LogP contribution in [0.2, 0.25) is 0 Å². The SMILES string of the molecule is CC(C)(CC(=O)O)OC1C2CC3CC(C2)CC1C3. The number of rotatable bonds is 4. The van der Waals surface area contributed by atoms with Crippen molar-refractivity contribution in [2.24, 2.45) is 23.7 Å². The molecule has 3 heteroatoms. The predicted molar refractivity (Wildman–Crippen MR) is 68.2 cm³/mol. The molecule has 0 aliphatic heterocycles. The van der Waals surface area contributed by atoms with Crippen molar-refractivity contribution in [1.82, 2.24) is 0 Å². The summed E-state index contributed by atoms with van der Waals surface area (Å²) in [5.74, 6) is 2.53. The summed E-state index contributed by atoms with van der Waals surface area (Å²) in [6, 6.07) is 0. The Hall–Kier alpha value is -0.570. The molecule has 0 radical (unpaired) electrons. The summed E-state index contributed by atoms with van der Waals surface area (Å²) in [6.07, 6.45) is 7.16. The smallest absolute Gasteiger partial charge is 0.306 e. The van der Waals surface area contributed by atoms with Crippen molar-refractivity contribution in [3.63, 3.8) is 0 Å². The van der Waals surface area contributed by atoms with Gasteiger partial charge in [0.2, 0.25) is 0 Å². The Kier molecular flexibility index (Phi) is 2.92. The number of carboxylic acid groups (broad SMARTS) is 1. The Morgan fingerprint density at radius 2 is 1.61 bits per heavy atom. The van der Waals surface area contributed by atoms with Crippen LogP contribution in [0.1, 0.15) is 52.4 Å². The Bertz CT molecular complexity index is 320. The average molecular weight is 252 g/mol. The van der Waals surface area contributed by atoms with Gasteiger partial charge in [-0.25, -0.2) is 0 Å². The minimum absolute atomic E-state index is 0.107. The minimum Gasteiger partial charge on any atom is -0.481 e. The summed E-state index contributed by atoms with van der Waals surface area (Å²) in [5, 5.41) is 8.95. The standard InChI is InChI=1S/C15H24O3/c1-15(2,8-13(16)17)18-14-11-4-9-3-10(6-11)7-12(14)5-9/h9-12,14H,3-8H2,1-2H3,(H,16,17). The van der Waals surface area contributed by atoms with E-state index in [0.717, 1.165) is 11.8 Å². The van der Waals surface area contributed by atoms with Crippen LogP contribution in [0.15, 0.2) is 0 Å². The number of carbonyl (C=O) groups is 1.